The second-order valence-corrected chi connectivity index (χ2v) is 5.11. The summed E-state index contributed by atoms with van der Waals surface area (Å²) in [6.45, 7) is 2.01. The van der Waals surface area contributed by atoms with Crippen LogP contribution in [0.1, 0.15) is 27.6 Å². The van der Waals surface area contributed by atoms with E-state index in [1.807, 2.05) is 0 Å². The summed E-state index contributed by atoms with van der Waals surface area (Å²) < 4.78 is 10.4. The average molecular weight is 359 g/mol. The van der Waals surface area contributed by atoms with Gasteiger partial charge in [-0.15, -0.1) is 0 Å². The van der Waals surface area contributed by atoms with Crippen molar-refractivity contribution in [2.24, 2.45) is 5.73 Å². The van der Waals surface area contributed by atoms with Gasteiger partial charge in [0, 0.05) is 17.3 Å². The van der Waals surface area contributed by atoms with Crippen LogP contribution in [0.5, 0.6) is 11.5 Å². The number of amides is 2. The summed E-state index contributed by atoms with van der Waals surface area (Å²) in [6.07, 6.45) is 0. The normalized spacial score (nSPS) is 10.1. The van der Waals surface area contributed by atoms with Crippen molar-refractivity contribution in [2.75, 3.05) is 19.0 Å². The van der Waals surface area contributed by atoms with E-state index >= 15 is 0 Å². The summed E-state index contributed by atoms with van der Waals surface area (Å²) in [5.41, 5.74) is 5.17. The van der Waals surface area contributed by atoms with Gasteiger partial charge in [-0.3, -0.25) is 19.7 Å². The zero-order chi connectivity index (χ0) is 19.3. The van der Waals surface area contributed by atoms with Gasteiger partial charge in [0.25, 0.3) is 11.6 Å². The van der Waals surface area contributed by atoms with Gasteiger partial charge in [-0.25, -0.2) is 0 Å². The topological polar surface area (TPSA) is 134 Å². The molecule has 0 radical (unpaired) electrons. The number of nitrogens with zero attached hydrogens (tertiary/aromatic N) is 1. The van der Waals surface area contributed by atoms with E-state index in [0.717, 1.165) is 6.07 Å². The quantitative estimate of drug-likeness (QED) is 0.576. The lowest BCUT2D eigenvalue weighted by atomic mass is 10.1. The summed E-state index contributed by atoms with van der Waals surface area (Å²) >= 11 is 0. The number of primary amides is 1. The molecule has 0 bridgehead atoms. The molecule has 2 amide bonds. The molecule has 9 nitrogen and oxygen atoms in total. The van der Waals surface area contributed by atoms with Gasteiger partial charge in [0.05, 0.1) is 24.7 Å². The molecule has 0 unspecified atom stereocenters. The first-order valence-electron chi connectivity index (χ1n) is 7.57. The summed E-state index contributed by atoms with van der Waals surface area (Å²) in [6, 6.07) is 8.20. The van der Waals surface area contributed by atoms with Crippen LogP contribution in [0, 0.1) is 10.1 Å². The molecule has 0 fully saturated rings. The molecule has 0 atom stereocenters. The average Bonchev–Trinajstić information content (AvgIpc) is 2.61. The molecule has 0 saturated carbocycles. The van der Waals surface area contributed by atoms with Gasteiger partial charge in [-0.05, 0) is 31.2 Å². The minimum absolute atomic E-state index is 0.170. The molecule has 136 valence electrons. The summed E-state index contributed by atoms with van der Waals surface area (Å²) in [4.78, 5) is 34.2. The minimum atomic E-state index is -0.704. The highest BCUT2D eigenvalue weighted by Crippen LogP contribution is 2.35. The Labute approximate surface area is 148 Å². The number of benzene rings is 2. The molecular weight excluding hydrogens is 342 g/mol. The van der Waals surface area contributed by atoms with Crippen molar-refractivity contribution >= 4 is 23.2 Å². The van der Waals surface area contributed by atoms with Crippen LogP contribution in [0.2, 0.25) is 0 Å². The van der Waals surface area contributed by atoms with Crippen molar-refractivity contribution in [3.63, 3.8) is 0 Å². The summed E-state index contributed by atoms with van der Waals surface area (Å²) in [5.74, 6) is -0.935. The molecule has 9 heteroatoms. The third kappa shape index (κ3) is 4.07. The minimum Gasteiger partial charge on any atom is -0.493 e. The number of carbonyl (C=O) groups is 2. The van der Waals surface area contributed by atoms with Crippen molar-refractivity contribution in [1.82, 2.24) is 0 Å². The number of hydrogen-bond acceptors (Lipinski definition) is 6. The first kappa shape index (κ1) is 18.7. The first-order valence-corrected chi connectivity index (χ1v) is 7.57. The molecule has 0 aliphatic heterocycles. The third-order valence-electron chi connectivity index (χ3n) is 3.45. The summed E-state index contributed by atoms with van der Waals surface area (Å²) in [5, 5.41) is 13.9. The van der Waals surface area contributed by atoms with Crippen LogP contribution in [0.3, 0.4) is 0 Å². The molecule has 2 rings (SSSR count). The lowest BCUT2D eigenvalue weighted by molar-refractivity contribution is -0.385. The maximum absolute atomic E-state index is 12.5. The standard InChI is InChI=1S/C17H17N3O6/c1-3-26-15-9-13(20(23)24)12(8-14(15)25-2)17(22)19-11-6-4-10(5-7-11)16(18)21/h4-9H,3H2,1-2H3,(H2,18,21)(H,19,22). The van der Waals surface area contributed by atoms with Crippen LogP contribution >= 0.6 is 0 Å². The van der Waals surface area contributed by atoms with Crippen molar-refractivity contribution in [3.05, 3.63) is 57.6 Å². The monoisotopic (exact) mass is 359 g/mol. The number of anilines is 1. The predicted molar refractivity (Wildman–Crippen MR) is 93.7 cm³/mol. The molecule has 3 N–H and O–H groups in total. The Kier molecular flexibility index (Phi) is 5.74. The van der Waals surface area contributed by atoms with E-state index in [4.69, 9.17) is 15.2 Å². The highest BCUT2D eigenvalue weighted by atomic mass is 16.6. The molecule has 2 aromatic rings. The van der Waals surface area contributed by atoms with Crippen LogP contribution in [-0.2, 0) is 0 Å². The number of nitro benzene ring substituents is 1. The van der Waals surface area contributed by atoms with Crippen molar-refractivity contribution in [1.29, 1.82) is 0 Å². The van der Waals surface area contributed by atoms with Crippen LogP contribution in [0.25, 0.3) is 0 Å². The van der Waals surface area contributed by atoms with E-state index in [-0.39, 0.29) is 29.2 Å². The molecule has 0 aromatic heterocycles. The maximum Gasteiger partial charge on any atom is 0.286 e. The number of nitro groups is 1. The second-order valence-electron chi connectivity index (χ2n) is 5.11. The molecular formula is C17H17N3O6. The van der Waals surface area contributed by atoms with Crippen molar-refractivity contribution in [2.45, 2.75) is 6.92 Å². The number of nitrogens with one attached hydrogen (secondary N) is 1. The van der Waals surface area contributed by atoms with E-state index in [1.54, 1.807) is 6.92 Å². The fourth-order valence-electron chi connectivity index (χ4n) is 2.23. The van der Waals surface area contributed by atoms with E-state index in [1.165, 1.54) is 37.4 Å². The third-order valence-corrected chi connectivity index (χ3v) is 3.45. The van der Waals surface area contributed by atoms with Gasteiger partial charge in [0.1, 0.15) is 5.56 Å². The van der Waals surface area contributed by atoms with Gasteiger partial charge in [-0.2, -0.15) is 0 Å². The predicted octanol–water partition coefficient (Wildman–Crippen LogP) is 2.35. The van der Waals surface area contributed by atoms with E-state index < -0.39 is 22.4 Å². The lowest BCUT2D eigenvalue weighted by Crippen LogP contribution is -2.15. The number of methoxy groups -OCH3 is 1. The van der Waals surface area contributed by atoms with Gasteiger partial charge < -0.3 is 20.5 Å². The molecule has 0 heterocycles. The van der Waals surface area contributed by atoms with Crippen molar-refractivity contribution in [3.8, 4) is 11.5 Å². The molecule has 0 spiro atoms. The Morgan fingerprint density at radius 1 is 1.19 bits per heavy atom. The number of ether oxygens (including phenoxy) is 2. The Bertz CT molecular complexity index is 848. The van der Waals surface area contributed by atoms with Gasteiger partial charge in [0.2, 0.25) is 5.91 Å². The van der Waals surface area contributed by atoms with Gasteiger partial charge in [0.15, 0.2) is 11.5 Å². The SMILES string of the molecule is CCOc1cc([N+](=O)[O-])c(C(=O)Nc2ccc(C(N)=O)cc2)cc1OC. The van der Waals surface area contributed by atoms with E-state index in [0.29, 0.717) is 5.69 Å². The fourth-order valence-corrected chi connectivity index (χ4v) is 2.23. The van der Waals surface area contributed by atoms with Crippen LogP contribution in [0.4, 0.5) is 11.4 Å². The molecule has 0 aliphatic carbocycles. The zero-order valence-corrected chi connectivity index (χ0v) is 14.1. The lowest BCUT2D eigenvalue weighted by Gasteiger charge is -2.12. The largest absolute Gasteiger partial charge is 0.493 e. The van der Waals surface area contributed by atoms with Gasteiger partial charge in [-0.1, -0.05) is 0 Å². The highest BCUT2D eigenvalue weighted by molar-refractivity contribution is 6.07. The Morgan fingerprint density at radius 3 is 2.35 bits per heavy atom. The Hall–Kier alpha value is -3.62. The van der Waals surface area contributed by atoms with Gasteiger partial charge >= 0.3 is 0 Å². The van der Waals surface area contributed by atoms with E-state index in [2.05, 4.69) is 5.32 Å². The Morgan fingerprint density at radius 2 is 1.85 bits per heavy atom. The molecule has 0 aliphatic rings. The number of nitrogens with two attached hydrogens (primary N) is 1. The van der Waals surface area contributed by atoms with Crippen LogP contribution < -0.4 is 20.5 Å². The van der Waals surface area contributed by atoms with E-state index in [9.17, 15) is 19.7 Å². The van der Waals surface area contributed by atoms with Crippen LogP contribution in [-0.4, -0.2) is 30.5 Å². The second kappa shape index (κ2) is 7.97. The van der Waals surface area contributed by atoms with Crippen molar-refractivity contribution < 1.29 is 24.0 Å². The highest BCUT2D eigenvalue weighted by Gasteiger charge is 2.25. The zero-order valence-electron chi connectivity index (χ0n) is 14.1. The summed E-state index contributed by atoms with van der Waals surface area (Å²) in [7, 11) is 1.37. The molecule has 26 heavy (non-hydrogen) atoms. The van der Waals surface area contributed by atoms with Crippen LogP contribution in [0.15, 0.2) is 36.4 Å². The molecule has 0 saturated heterocycles. The number of rotatable bonds is 7. The smallest absolute Gasteiger partial charge is 0.286 e. The first-order chi connectivity index (χ1) is 12.4. The maximum atomic E-state index is 12.5. The Balaban J connectivity index is 2.37. The number of hydrogen-bond donors (Lipinski definition) is 2. The fraction of sp³-hybridized carbons (Fsp3) is 0.176. The number of carbonyl (C=O) groups excluding carboxylic acids is 2. The molecule has 2 aromatic carbocycles.